The molecule has 0 bridgehead atoms. The van der Waals surface area contributed by atoms with Gasteiger partial charge in [-0.05, 0) is 62.0 Å². The number of ether oxygens (including phenoxy) is 4. The van der Waals surface area contributed by atoms with E-state index < -0.39 is 5.63 Å². The summed E-state index contributed by atoms with van der Waals surface area (Å²) in [5.74, 6) is 3.33. The maximum absolute atomic E-state index is 12.3. The van der Waals surface area contributed by atoms with E-state index in [2.05, 4.69) is 17.9 Å². The Morgan fingerprint density at radius 3 is 2.68 bits per heavy atom. The van der Waals surface area contributed by atoms with Gasteiger partial charge in [0.2, 0.25) is 6.79 Å². The fraction of sp³-hybridized carbons (Fsp3) is 0.444. The molecular weight excluding hydrogens is 434 g/mol. The van der Waals surface area contributed by atoms with Crippen LogP contribution in [0.5, 0.6) is 23.0 Å². The van der Waals surface area contributed by atoms with Crippen molar-refractivity contribution >= 4 is 11.0 Å². The summed E-state index contributed by atoms with van der Waals surface area (Å²) in [5, 5.41) is 0.746. The Balaban J connectivity index is 1.63. The summed E-state index contributed by atoms with van der Waals surface area (Å²) >= 11 is 0. The fourth-order valence-corrected chi connectivity index (χ4v) is 5.27. The molecule has 7 nitrogen and oxygen atoms in total. The van der Waals surface area contributed by atoms with Crippen LogP contribution in [0.4, 0.5) is 0 Å². The molecule has 2 aromatic carbocycles. The second kappa shape index (κ2) is 9.58. The van der Waals surface area contributed by atoms with Gasteiger partial charge in [-0.1, -0.05) is 13.0 Å². The molecule has 1 fully saturated rings. The topological polar surface area (TPSA) is 70.4 Å². The van der Waals surface area contributed by atoms with E-state index in [0.29, 0.717) is 23.0 Å². The van der Waals surface area contributed by atoms with Gasteiger partial charge >= 0.3 is 5.63 Å². The Labute approximate surface area is 199 Å². The van der Waals surface area contributed by atoms with Gasteiger partial charge in [-0.25, -0.2) is 4.79 Å². The number of fused-ring (bicyclic) bond motifs is 2. The lowest BCUT2D eigenvalue weighted by Crippen LogP contribution is -2.35. The Morgan fingerprint density at radius 2 is 1.88 bits per heavy atom. The van der Waals surface area contributed by atoms with E-state index in [-0.39, 0.29) is 12.7 Å². The first-order chi connectivity index (χ1) is 16.6. The molecule has 5 rings (SSSR count). The summed E-state index contributed by atoms with van der Waals surface area (Å²) in [6, 6.07) is 11.1. The third-order valence-corrected chi connectivity index (χ3v) is 6.93. The van der Waals surface area contributed by atoms with E-state index in [1.807, 2.05) is 18.2 Å². The number of benzene rings is 2. The summed E-state index contributed by atoms with van der Waals surface area (Å²) < 4.78 is 28.4. The number of hydrogen-bond donors (Lipinski definition) is 0. The minimum Gasteiger partial charge on any atom is -0.496 e. The molecule has 0 radical (unpaired) electrons. The smallest absolute Gasteiger partial charge is 0.336 e. The first-order valence-electron chi connectivity index (χ1n) is 11.9. The molecule has 2 atom stereocenters. The second-order valence-corrected chi connectivity index (χ2v) is 9.19. The first kappa shape index (κ1) is 22.6. The molecule has 0 spiro atoms. The minimum atomic E-state index is -0.404. The quantitative estimate of drug-likeness (QED) is 0.465. The highest BCUT2D eigenvalue weighted by atomic mass is 16.7. The van der Waals surface area contributed by atoms with Crippen LogP contribution in [-0.4, -0.2) is 45.5 Å². The zero-order valence-corrected chi connectivity index (χ0v) is 20.0. The highest BCUT2D eigenvalue weighted by Gasteiger charge is 2.28. The van der Waals surface area contributed by atoms with Crippen LogP contribution in [0.1, 0.15) is 43.2 Å². The SMILES string of the molecule is COc1cc(OC)c2ccc(=O)oc2c1[C@H](CCN1CCC[C@H](C)C1)c1ccc2c(c1)OCO2. The van der Waals surface area contributed by atoms with Crippen LogP contribution in [0.3, 0.4) is 0 Å². The van der Waals surface area contributed by atoms with Gasteiger partial charge in [-0.15, -0.1) is 0 Å². The molecule has 0 amide bonds. The lowest BCUT2D eigenvalue weighted by Gasteiger charge is -2.32. The first-order valence-corrected chi connectivity index (χ1v) is 11.9. The molecule has 0 aliphatic carbocycles. The predicted molar refractivity (Wildman–Crippen MR) is 129 cm³/mol. The Kier molecular flexibility index (Phi) is 6.37. The summed E-state index contributed by atoms with van der Waals surface area (Å²) in [7, 11) is 3.24. The van der Waals surface area contributed by atoms with Gasteiger partial charge < -0.3 is 28.3 Å². The van der Waals surface area contributed by atoms with Gasteiger partial charge in [-0.3, -0.25) is 0 Å². The average molecular weight is 466 g/mol. The van der Waals surface area contributed by atoms with Crippen molar-refractivity contribution in [3.63, 3.8) is 0 Å². The van der Waals surface area contributed by atoms with Crippen molar-refractivity contribution in [3.05, 3.63) is 57.9 Å². The van der Waals surface area contributed by atoms with Gasteiger partial charge in [0, 0.05) is 30.2 Å². The van der Waals surface area contributed by atoms with Crippen molar-refractivity contribution < 1.29 is 23.4 Å². The van der Waals surface area contributed by atoms with Crippen LogP contribution in [0.25, 0.3) is 11.0 Å². The van der Waals surface area contributed by atoms with Crippen LogP contribution >= 0.6 is 0 Å². The molecule has 2 aliphatic rings. The van der Waals surface area contributed by atoms with Gasteiger partial charge in [0.25, 0.3) is 0 Å². The van der Waals surface area contributed by atoms with Gasteiger partial charge in [0.1, 0.15) is 17.1 Å². The Morgan fingerprint density at radius 1 is 1.06 bits per heavy atom. The van der Waals surface area contributed by atoms with Crippen LogP contribution in [0.15, 0.2) is 45.6 Å². The zero-order chi connectivity index (χ0) is 23.7. The molecule has 2 aliphatic heterocycles. The third-order valence-electron chi connectivity index (χ3n) is 6.93. The highest BCUT2D eigenvalue weighted by molar-refractivity contribution is 5.89. The number of rotatable bonds is 7. The lowest BCUT2D eigenvalue weighted by molar-refractivity contribution is 0.174. The van der Waals surface area contributed by atoms with Crippen molar-refractivity contribution in [2.45, 2.75) is 32.1 Å². The van der Waals surface area contributed by atoms with Crippen molar-refractivity contribution in [1.29, 1.82) is 0 Å². The number of likely N-dealkylation sites (tertiary alicyclic amines) is 1. The normalized spacial score (nSPS) is 18.7. The molecule has 180 valence electrons. The molecule has 34 heavy (non-hydrogen) atoms. The number of methoxy groups -OCH3 is 2. The fourth-order valence-electron chi connectivity index (χ4n) is 5.27. The molecule has 3 aromatic rings. The minimum absolute atomic E-state index is 0.0827. The van der Waals surface area contributed by atoms with Crippen LogP contribution in [0, 0.1) is 5.92 Å². The zero-order valence-electron chi connectivity index (χ0n) is 20.0. The summed E-state index contributed by atoms with van der Waals surface area (Å²) in [4.78, 5) is 14.8. The largest absolute Gasteiger partial charge is 0.496 e. The number of hydrogen-bond acceptors (Lipinski definition) is 7. The second-order valence-electron chi connectivity index (χ2n) is 9.19. The van der Waals surface area contributed by atoms with Gasteiger partial charge in [0.15, 0.2) is 11.5 Å². The lowest BCUT2D eigenvalue weighted by atomic mass is 9.85. The molecule has 1 aromatic heterocycles. The molecule has 7 heteroatoms. The molecule has 1 saturated heterocycles. The van der Waals surface area contributed by atoms with Crippen molar-refractivity contribution in [3.8, 4) is 23.0 Å². The number of piperidine rings is 1. The molecule has 3 heterocycles. The van der Waals surface area contributed by atoms with Crippen LogP contribution in [0.2, 0.25) is 0 Å². The standard InChI is InChI=1S/C27H31NO6/c1-17-5-4-11-28(15-17)12-10-19(18-6-8-21-23(13-18)33-16-32-21)26-24(31-3)14-22(30-2)20-7-9-25(29)34-27(20)26/h6-9,13-14,17,19H,4-5,10-12,15-16H2,1-3H3/t17-,19+/m0/s1. The van der Waals surface area contributed by atoms with Crippen molar-refractivity contribution in [1.82, 2.24) is 4.90 Å². The predicted octanol–water partition coefficient (Wildman–Crippen LogP) is 4.79. The summed E-state index contributed by atoms with van der Waals surface area (Å²) in [5.41, 5.74) is 2.00. The van der Waals surface area contributed by atoms with Gasteiger partial charge in [0.05, 0.1) is 19.6 Å². The summed E-state index contributed by atoms with van der Waals surface area (Å²) in [6.45, 7) is 5.67. The van der Waals surface area contributed by atoms with E-state index in [4.69, 9.17) is 23.4 Å². The highest BCUT2D eigenvalue weighted by Crippen LogP contribution is 2.45. The summed E-state index contributed by atoms with van der Waals surface area (Å²) in [6.07, 6.45) is 3.34. The maximum Gasteiger partial charge on any atom is 0.336 e. The number of nitrogens with zero attached hydrogens (tertiary/aromatic N) is 1. The Bertz CT molecular complexity index is 1240. The van der Waals surface area contributed by atoms with Gasteiger partial charge in [-0.2, -0.15) is 0 Å². The molecule has 0 N–H and O–H groups in total. The van der Waals surface area contributed by atoms with E-state index in [0.717, 1.165) is 54.1 Å². The molecule has 0 saturated carbocycles. The monoisotopic (exact) mass is 465 g/mol. The van der Waals surface area contributed by atoms with Crippen LogP contribution < -0.4 is 24.6 Å². The average Bonchev–Trinajstić information content (AvgIpc) is 3.32. The van der Waals surface area contributed by atoms with Crippen LogP contribution in [-0.2, 0) is 0 Å². The molecular formula is C27H31NO6. The van der Waals surface area contributed by atoms with Crippen molar-refractivity contribution in [2.75, 3.05) is 40.6 Å². The van der Waals surface area contributed by atoms with Crippen molar-refractivity contribution in [2.24, 2.45) is 5.92 Å². The Hall–Kier alpha value is -3.19. The maximum atomic E-state index is 12.3. The van der Waals surface area contributed by atoms with E-state index >= 15 is 0 Å². The van der Waals surface area contributed by atoms with E-state index in [9.17, 15) is 4.79 Å². The third kappa shape index (κ3) is 4.32. The van der Waals surface area contributed by atoms with E-state index in [1.54, 1.807) is 20.3 Å². The molecule has 0 unspecified atom stereocenters. The van der Waals surface area contributed by atoms with E-state index in [1.165, 1.54) is 18.9 Å².